The third-order valence-corrected chi connectivity index (χ3v) is 5.30. The van der Waals surface area contributed by atoms with E-state index < -0.39 is 6.10 Å². The highest BCUT2D eigenvalue weighted by molar-refractivity contribution is 7.10. The molecule has 0 amide bonds. The molecular weight excluding hydrogens is 346 g/mol. The van der Waals surface area contributed by atoms with E-state index in [9.17, 15) is 5.11 Å². The van der Waals surface area contributed by atoms with Crippen molar-refractivity contribution in [1.82, 2.24) is 4.90 Å². The zero-order chi connectivity index (χ0) is 18.4. The van der Waals surface area contributed by atoms with Gasteiger partial charge in [-0.25, -0.2) is 0 Å². The largest absolute Gasteiger partial charge is 0.491 e. The summed E-state index contributed by atoms with van der Waals surface area (Å²) in [7, 11) is 0. The first kappa shape index (κ1) is 18.7. The lowest BCUT2D eigenvalue weighted by molar-refractivity contribution is 0.0605. The first-order valence-corrected chi connectivity index (χ1v) is 9.64. The molecule has 0 bridgehead atoms. The van der Waals surface area contributed by atoms with Crippen molar-refractivity contribution in [3.8, 4) is 5.75 Å². The van der Waals surface area contributed by atoms with Gasteiger partial charge in [0.15, 0.2) is 0 Å². The van der Waals surface area contributed by atoms with Crippen LogP contribution in [0.2, 0.25) is 0 Å². The molecule has 3 rings (SSSR count). The van der Waals surface area contributed by atoms with Gasteiger partial charge in [-0.05, 0) is 54.6 Å². The molecule has 0 saturated heterocycles. The molecule has 1 unspecified atom stereocenters. The molecule has 0 aliphatic carbocycles. The number of furan rings is 1. The van der Waals surface area contributed by atoms with E-state index >= 15 is 0 Å². The number of hydrogen-bond donors (Lipinski definition) is 1. The van der Waals surface area contributed by atoms with Crippen molar-refractivity contribution in [1.29, 1.82) is 0 Å². The SMILES string of the molecule is Cc1ccccc1OCC(O)CN(Cc1ccco1)Cc1sccc1C. The van der Waals surface area contributed by atoms with Gasteiger partial charge in [-0.1, -0.05) is 18.2 Å². The molecule has 3 aromatic rings. The molecule has 1 aromatic carbocycles. The molecule has 138 valence electrons. The monoisotopic (exact) mass is 371 g/mol. The van der Waals surface area contributed by atoms with Gasteiger partial charge in [0, 0.05) is 18.0 Å². The maximum atomic E-state index is 10.5. The first-order chi connectivity index (χ1) is 12.6. The average Bonchev–Trinajstić information content (AvgIpc) is 3.26. The third kappa shape index (κ3) is 5.21. The van der Waals surface area contributed by atoms with E-state index in [1.165, 1.54) is 10.4 Å². The van der Waals surface area contributed by atoms with Crippen LogP contribution in [-0.4, -0.2) is 29.3 Å². The summed E-state index contributed by atoms with van der Waals surface area (Å²) in [6, 6.07) is 13.8. The number of benzene rings is 1. The van der Waals surface area contributed by atoms with E-state index in [-0.39, 0.29) is 6.61 Å². The number of thiophene rings is 1. The third-order valence-electron chi connectivity index (χ3n) is 4.29. The first-order valence-electron chi connectivity index (χ1n) is 8.76. The van der Waals surface area contributed by atoms with E-state index in [1.54, 1.807) is 17.6 Å². The van der Waals surface area contributed by atoms with Gasteiger partial charge in [-0.15, -0.1) is 11.3 Å². The standard InChI is InChI=1S/C21H25NO3S/c1-16-6-3-4-8-20(16)25-15-18(23)12-22(13-19-7-5-10-24-19)14-21-17(2)9-11-26-21/h3-11,18,23H,12-15H2,1-2H3. The molecule has 1 atom stereocenters. The smallest absolute Gasteiger partial charge is 0.122 e. The second-order valence-corrected chi connectivity index (χ2v) is 7.51. The van der Waals surface area contributed by atoms with Gasteiger partial charge in [0.25, 0.3) is 0 Å². The zero-order valence-electron chi connectivity index (χ0n) is 15.2. The number of nitrogens with zero attached hydrogens (tertiary/aromatic N) is 1. The molecule has 2 aromatic heterocycles. The normalized spacial score (nSPS) is 12.5. The number of hydrogen-bond acceptors (Lipinski definition) is 5. The predicted molar refractivity (Wildman–Crippen MR) is 105 cm³/mol. The Labute approximate surface area is 158 Å². The Kier molecular flexibility index (Phi) is 6.50. The average molecular weight is 372 g/mol. The van der Waals surface area contributed by atoms with Gasteiger partial charge in [0.1, 0.15) is 24.2 Å². The van der Waals surface area contributed by atoms with Gasteiger partial charge in [-0.3, -0.25) is 4.90 Å². The van der Waals surface area contributed by atoms with Crippen LogP contribution in [0.5, 0.6) is 5.75 Å². The van der Waals surface area contributed by atoms with Crippen LogP contribution in [-0.2, 0) is 13.1 Å². The Hall–Kier alpha value is -2.08. The predicted octanol–water partition coefficient (Wildman–Crippen LogP) is 4.40. The summed E-state index contributed by atoms with van der Waals surface area (Å²) in [5, 5.41) is 12.6. The van der Waals surface area contributed by atoms with E-state index in [0.29, 0.717) is 13.1 Å². The molecule has 0 aliphatic heterocycles. The van der Waals surface area contributed by atoms with Gasteiger partial charge in [0.05, 0.1) is 12.8 Å². The maximum Gasteiger partial charge on any atom is 0.122 e. The molecule has 5 heteroatoms. The van der Waals surface area contributed by atoms with Crippen LogP contribution in [0.15, 0.2) is 58.5 Å². The molecule has 2 heterocycles. The summed E-state index contributed by atoms with van der Waals surface area (Å²) in [4.78, 5) is 3.51. The molecule has 0 aliphatic rings. The van der Waals surface area contributed by atoms with Crippen molar-refractivity contribution in [3.63, 3.8) is 0 Å². The van der Waals surface area contributed by atoms with Crippen LogP contribution in [0.1, 0.15) is 21.8 Å². The van der Waals surface area contributed by atoms with Gasteiger partial charge >= 0.3 is 0 Å². The number of rotatable bonds is 9. The summed E-state index contributed by atoms with van der Waals surface area (Å²) in [6.07, 6.45) is 1.10. The van der Waals surface area contributed by atoms with Crippen molar-refractivity contribution < 1.29 is 14.3 Å². The van der Waals surface area contributed by atoms with Crippen molar-refractivity contribution in [2.24, 2.45) is 0 Å². The number of aliphatic hydroxyl groups excluding tert-OH is 1. The van der Waals surface area contributed by atoms with Crippen LogP contribution in [0, 0.1) is 13.8 Å². The van der Waals surface area contributed by atoms with Crippen LogP contribution in [0.25, 0.3) is 0 Å². The highest BCUT2D eigenvalue weighted by Gasteiger charge is 2.16. The van der Waals surface area contributed by atoms with Gasteiger partial charge in [-0.2, -0.15) is 0 Å². The minimum atomic E-state index is -0.579. The Balaban J connectivity index is 1.60. The fraction of sp³-hybridized carbons (Fsp3) is 0.333. The van der Waals surface area contributed by atoms with E-state index in [2.05, 4.69) is 23.3 Å². The lowest BCUT2D eigenvalue weighted by Crippen LogP contribution is -2.35. The lowest BCUT2D eigenvalue weighted by atomic mass is 10.2. The van der Waals surface area contributed by atoms with Crippen LogP contribution in [0.4, 0.5) is 0 Å². The Morgan fingerprint density at radius 3 is 2.62 bits per heavy atom. The van der Waals surface area contributed by atoms with Crippen molar-refractivity contribution in [3.05, 3.63) is 75.9 Å². The number of aliphatic hydroxyl groups is 1. The summed E-state index contributed by atoms with van der Waals surface area (Å²) >= 11 is 1.74. The second kappa shape index (κ2) is 9.03. The number of ether oxygens (including phenoxy) is 1. The second-order valence-electron chi connectivity index (χ2n) is 6.51. The van der Waals surface area contributed by atoms with Crippen LogP contribution < -0.4 is 4.74 Å². The summed E-state index contributed by atoms with van der Waals surface area (Å²) in [5.41, 5.74) is 2.35. The molecule has 1 N–H and O–H groups in total. The molecular formula is C21H25NO3S. The van der Waals surface area contributed by atoms with E-state index in [0.717, 1.165) is 23.6 Å². The molecule has 0 radical (unpaired) electrons. The fourth-order valence-corrected chi connectivity index (χ4v) is 3.78. The maximum absolute atomic E-state index is 10.5. The molecule has 0 fully saturated rings. The Morgan fingerprint density at radius 1 is 1.08 bits per heavy atom. The Morgan fingerprint density at radius 2 is 1.92 bits per heavy atom. The quantitative estimate of drug-likeness (QED) is 0.606. The van der Waals surface area contributed by atoms with Crippen molar-refractivity contribution in [2.75, 3.05) is 13.2 Å². The zero-order valence-corrected chi connectivity index (χ0v) is 16.0. The summed E-state index contributed by atoms with van der Waals surface area (Å²) in [6.45, 7) is 6.35. The van der Waals surface area contributed by atoms with Crippen molar-refractivity contribution in [2.45, 2.75) is 33.0 Å². The Bertz CT molecular complexity index is 797. The van der Waals surface area contributed by atoms with Gasteiger partial charge in [0.2, 0.25) is 0 Å². The molecule has 4 nitrogen and oxygen atoms in total. The summed E-state index contributed by atoms with van der Waals surface area (Å²) < 4.78 is 11.3. The highest BCUT2D eigenvalue weighted by atomic mass is 32.1. The minimum absolute atomic E-state index is 0.267. The van der Waals surface area contributed by atoms with Gasteiger partial charge < -0.3 is 14.3 Å². The van der Waals surface area contributed by atoms with E-state index in [1.807, 2.05) is 43.3 Å². The minimum Gasteiger partial charge on any atom is -0.491 e. The number of para-hydroxylation sites is 1. The van der Waals surface area contributed by atoms with Crippen LogP contribution >= 0.6 is 11.3 Å². The highest BCUT2D eigenvalue weighted by Crippen LogP contribution is 2.20. The fourth-order valence-electron chi connectivity index (χ4n) is 2.83. The van der Waals surface area contributed by atoms with E-state index in [4.69, 9.17) is 9.15 Å². The topological polar surface area (TPSA) is 45.8 Å². The molecule has 26 heavy (non-hydrogen) atoms. The molecule has 0 spiro atoms. The molecule has 0 saturated carbocycles. The van der Waals surface area contributed by atoms with Crippen LogP contribution in [0.3, 0.4) is 0 Å². The number of aryl methyl sites for hydroxylation is 2. The lowest BCUT2D eigenvalue weighted by Gasteiger charge is -2.24. The summed E-state index contributed by atoms with van der Waals surface area (Å²) in [5.74, 6) is 1.71. The van der Waals surface area contributed by atoms with Crippen molar-refractivity contribution >= 4 is 11.3 Å².